The molecule has 1 aliphatic rings. The number of H-pyrrole nitrogens is 1. The van der Waals surface area contributed by atoms with Crippen LogP contribution in [0.2, 0.25) is 0 Å². The molecule has 1 saturated heterocycles. The summed E-state index contributed by atoms with van der Waals surface area (Å²) in [6.07, 6.45) is 3.68. The lowest BCUT2D eigenvalue weighted by Crippen LogP contribution is -2.48. The largest absolute Gasteiger partial charge is 0.396 e. The molecule has 1 fully saturated rings. The molecule has 2 N–H and O–H groups in total. The second-order valence-corrected chi connectivity index (χ2v) is 7.84. The molecule has 140 valence electrons. The Hall–Kier alpha value is -2.14. The number of aromatic amines is 1. The molecule has 1 aromatic heterocycles. The zero-order chi connectivity index (χ0) is 18.6. The van der Waals surface area contributed by atoms with Gasteiger partial charge in [0.1, 0.15) is 5.69 Å². The van der Waals surface area contributed by atoms with Crippen LogP contribution in [-0.4, -0.2) is 45.8 Å². The van der Waals surface area contributed by atoms with Crippen molar-refractivity contribution in [3.63, 3.8) is 0 Å². The number of piperidine rings is 1. The van der Waals surface area contributed by atoms with Gasteiger partial charge >= 0.3 is 0 Å². The maximum atomic E-state index is 12.9. The van der Waals surface area contributed by atoms with Gasteiger partial charge in [-0.15, -0.1) is 0 Å². The van der Waals surface area contributed by atoms with E-state index in [1.54, 1.807) is 0 Å². The minimum Gasteiger partial charge on any atom is -0.396 e. The molecule has 3 rings (SSSR count). The Kier molecular flexibility index (Phi) is 5.77. The van der Waals surface area contributed by atoms with Crippen molar-refractivity contribution < 1.29 is 9.90 Å². The number of aliphatic hydroxyl groups is 1. The van der Waals surface area contributed by atoms with Crippen LogP contribution in [0.5, 0.6) is 0 Å². The number of carbonyl (C=O) groups is 1. The van der Waals surface area contributed by atoms with Crippen LogP contribution < -0.4 is 0 Å². The number of aryl methyl sites for hydroxylation is 1. The van der Waals surface area contributed by atoms with E-state index in [4.69, 9.17) is 0 Å². The number of nitrogens with one attached hydrogen (secondary N) is 1. The number of nitrogens with zero attached hydrogens (tertiary/aromatic N) is 2. The Morgan fingerprint density at radius 3 is 2.77 bits per heavy atom. The van der Waals surface area contributed by atoms with E-state index >= 15 is 0 Å². The molecule has 1 aliphatic heterocycles. The van der Waals surface area contributed by atoms with E-state index < -0.39 is 0 Å². The molecule has 0 spiro atoms. The van der Waals surface area contributed by atoms with Gasteiger partial charge in [-0.3, -0.25) is 9.89 Å². The third-order valence-electron chi connectivity index (χ3n) is 5.51. The number of carbonyl (C=O) groups excluding carboxylic acids is 1. The van der Waals surface area contributed by atoms with Crippen LogP contribution in [0.25, 0.3) is 0 Å². The highest BCUT2D eigenvalue weighted by Crippen LogP contribution is 2.35. The lowest BCUT2D eigenvalue weighted by molar-refractivity contribution is 0.0224. The first kappa shape index (κ1) is 18.6. The normalized spacial score (nSPS) is 20.5. The first-order valence-corrected chi connectivity index (χ1v) is 9.52. The van der Waals surface area contributed by atoms with Crippen molar-refractivity contribution in [2.45, 2.75) is 45.4 Å². The van der Waals surface area contributed by atoms with Crippen LogP contribution in [-0.2, 0) is 6.42 Å². The quantitative estimate of drug-likeness (QED) is 0.834. The van der Waals surface area contributed by atoms with Gasteiger partial charge in [0.15, 0.2) is 0 Å². The van der Waals surface area contributed by atoms with Gasteiger partial charge in [0, 0.05) is 24.2 Å². The Labute approximate surface area is 155 Å². The van der Waals surface area contributed by atoms with Crippen molar-refractivity contribution in [3.05, 3.63) is 53.3 Å². The van der Waals surface area contributed by atoms with Crippen LogP contribution in [0.1, 0.15) is 60.8 Å². The first-order chi connectivity index (χ1) is 12.5. The number of hydrogen-bond acceptors (Lipinski definition) is 3. The Bertz CT molecular complexity index is 726. The lowest BCUT2D eigenvalue weighted by atomic mass is 9.76. The summed E-state index contributed by atoms with van der Waals surface area (Å²) in [4.78, 5) is 14.7. The number of hydrogen-bond donors (Lipinski definition) is 2. The molecule has 5 heteroatoms. The third kappa shape index (κ3) is 4.15. The standard InChI is InChI=1S/C21H29N3O2/c1-16(2)18-13-19(23-22-18)20(26)24-12-6-10-21(14-24,15-25)11-9-17-7-4-3-5-8-17/h3-5,7-8,13,16,25H,6,9-12,14-15H2,1-2H3,(H,22,23)/t21-/m1/s1. The molecule has 5 nitrogen and oxygen atoms in total. The van der Waals surface area contributed by atoms with E-state index in [9.17, 15) is 9.90 Å². The maximum absolute atomic E-state index is 12.9. The van der Waals surface area contributed by atoms with Gasteiger partial charge in [-0.25, -0.2) is 0 Å². The molecule has 0 saturated carbocycles. The molecule has 26 heavy (non-hydrogen) atoms. The minimum absolute atomic E-state index is 0.0367. The second-order valence-electron chi connectivity index (χ2n) is 7.84. The summed E-state index contributed by atoms with van der Waals surface area (Å²) in [6, 6.07) is 12.2. The molecule has 1 amide bonds. The predicted molar refractivity (Wildman–Crippen MR) is 102 cm³/mol. The van der Waals surface area contributed by atoms with Gasteiger partial charge in [0.25, 0.3) is 5.91 Å². The monoisotopic (exact) mass is 355 g/mol. The highest BCUT2D eigenvalue weighted by Gasteiger charge is 2.37. The van der Waals surface area contributed by atoms with Crippen LogP contribution in [0.15, 0.2) is 36.4 Å². The van der Waals surface area contributed by atoms with E-state index in [0.29, 0.717) is 18.2 Å². The zero-order valence-electron chi connectivity index (χ0n) is 15.7. The molecule has 1 aromatic carbocycles. The fourth-order valence-corrected chi connectivity index (χ4v) is 3.75. The smallest absolute Gasteiger partial charge is 0.274 e. The van der Waals surface area contributed by atoms with Crippen LogP contribution >= 0.6 is 0 Å². The number of aromatic nitrogens is 2. The van der Waals surface area contributed by atoms with Gasteiger partial charge < -0.3 is 10.0 Å². The van der Waals surface area contributed by atoms with Gasteiger partial charge in [0.2, 0.25) is 0 Å². The van der Waals surface area contributed by atoms with Crippen molar-refractivity contribution in [1.82, 2.24) is 15.1 Å². The predicted octanol–water partition coefficient (Wildman–Crippen LogP) is 3.38. The van der Waals surface area contributed by atoms with E-state index in [-0.39, 0.29) is 17.9 Å². The van der Waals surface area contributed by atoms with Gasteiger partial charge in [-0.1, -0.05) is 44.2 Å². The van der Waals surface area contributed by atoms with Crippen LogP contribution in [0.4, 0.5) is 0 Å². The molecule has 0 bridgehead atoms. The molecule has 0 unspecified atom stereocenters. The summed E-state index contributed by atoms with van der Waals surface area (Å²) in [5.41, 5.74) is 2.51. The summed E-state index contributed by atoms with van der Waals surface area (Å²) in [5, 5.41) is 17.3. The first-order valence-electron chi connectivity index (χ1n) is 9.52. The van der Waals surface area contributed by atoms with Crippen molar-refractivity contribution in [2.75, 3.05) is 19.7 Å². The number of aliphatic hydroxyl groups excluding tert-OH is 1. The summed E-state index contributed by atoms with van der Waals surface area (Å²) in [7, 11) is 0. The molecule has 1 atom stereocenters. The summed E-state index contributed by atoms with van der Waals surface area (Å²) < 4.78 is 0. The molecule has 0 radical (unpaired) electrons. The highest BCUT2D eigenvalue weighted by molar-refractivity contribution is 5.92. The zero-order valence-corrected chi connectivity index (χ0v) is 15.7. The average Bonchev–Trinajstić information content (AvgIpc) is 3.17. The van der Waals surface area contributed by atoms with Crippen molar-refractivity contribution in [1.29, 1.82) is 0 Å². The van der Waals surface area contributed by atoms with Crippen molar-refractivity contribution in [3.8, 4) is 0 Å². The number of rotatable bonds is 6. The Morgan fingerprint density at radius 1 is 1.35 bits per heavy atom. The van der Waals surface area contributed by atoms with Crippen LogP contribution in [0, 0.1) is 5.41 Å². The SMILES string of the molecule is CC(C)c1cc(C(=O)N2CCC[C@@](CO)(CCc3ccccc3)C2)n[nH]1. The van der Waals surface area contributed by atoms with Crippen LogP contribution in [0.3, 0.4) is 0 Å². The van der Waals surface area contributed by atoms with E-state index in [0.717, 1.165) is 37.9 Å². The average molecular weight is 355 g/mol. The van der Waals surface area contributed by atoms with Crippen molar-refractivity contribution in [2.24, 2.45) is 5.41 Å². The van der Waals surface area contributed by atoms with Gasteiger partial charge in [-0.2, -0.15) is 5.10 Å². The topological polar surface area (TPSA) is 69.2 Å². The third-order valence-corrected chi connectivity index (χ3v) is 5.51. The second kappa shape index (κ2) is 8.04. The molecule has 0 aliphatic carbocycles. The molecule has 2 aromatic rings. The van der Waals surface area contributed by atoms with E-state index in [2.05, 4.69) is 36.2 Å². The summed E-state index contributed by atoms with van der Waals surface area (Å²) in [5.74, 6) is 0.276. The summed E-state index contributed by atoms with van der Waals surface area (Å²) >= 11 is 0. The molecular formula is C21H29N3O2. The van der Waals surface area contributed by atoms with E-state index in [1.807, 2.05) is 29.2 Å². The maximum Gasteiger partial charge on any atom is 0.274 e. The summed E-state index contributed by atoms with van der Waals surface area (Å²) in [6.45, 7) is 5.59. The number of benzene rings is 1. The van der Waals surface area contributed by atoms with Gasteiger partial charge in [-0.05, 0) is 43.2 Å². The Morgan fingerprint density at radius 2 is 2.12 bits per heavy atom. The van der Waals surface area contributed by atoms with Crippen molar-refractivity contribution >= 4 is 5.91 Å². The minimum atomic E-state index is -0.221. The fraction of sp³-hybridized carbons (Fsp3) is 0.524. The molecular weight excluding hydrogens is 326 g/mol. The fourth-order valence-electron chi connectivity index (χ4n) is 3.75. The number of likely N-dealkylation sites (tertiary alicyclic amines) is 1. The Balaban J connectivity index is 1.68. The molecule has 2 heterocycles. The number of amides is 1. The lowest BCUT2D eigenvalue weighted by Gasteiger charge is -2.41. The van der Waals surface area contributed by atoms with Gasteiger partial charge in [0.05, 0.1) is 6.61 Å². The van der Waals surface area contributed by atoms with E-state index in [1.165, 1.54) is 5.56 Å². The highest BCUT2D eigenvalue weighted by atomic mass is 16.3.